The molecule has 0 aromatic heterocycles. The van der Waals surface area contributed by atoms with Crippen LogP contribution in [-0.2, 0) is 16.0 Å². The van der Waals surface area contributed by atoms with Crippen LogP contribution in [-0.4, -0.2) is 12.6 Å². The number of para-hydroxylation sites is 1. The molecule has 0 aliphatic rings. The van der Waals surface area contributed by atoms with E-state index in [-0.39, 0.29) is 12.2 Å². The number of rotatable bonds is 5. The molecule has 4 heteroatoms. The van der Waals surface area contributed by atoms with Gasteiger partial charge in [0, 0.05) is 11.9 Å². The van der Waals surface area contributed by atoms with E-state index in [1.807, 2.05) is 37.3 Å². The molecule has 0 saturated carbocycles. The van der Waals surface area contributed by atoms with Crippen LogP contribution in [0.3, 0.4) is 0 Å². The number of anilines is 1. The maximum Gasteiger partial charge on any atom is 0.350 e. The lowest BCUT2D eigenvalue weighted by Crippen LogP contribution is -2.08. The number of carbonyl (C=O) groups excluding carboxylic acids is 1. The van der Waals surface area contributed by atoms with Crippen molar-refractivity contribution < 1.29 is 9.53 Å². The Balaban J connectivity index is 2.84. The van der Waals surface area contributed by atoms with Crippen LogP contribution in [0.15, 0.2) is 36.0 Å². The number of carbonyl (C=O) groups is 1. The summed E-state index contributed by atoms with van der Waals surface area (Å²) in [4.78, 5) is 11.4. The van der Waals surface area contributed by atoms with Crippen LogP contribution in [0, 0.1) is 11.3 Å². The molecule has 0 unspecified atom stereocenters. The lowest BCUT2D eigenvalue weighted by molar-refractivity contribution is -0.138. The summed E-state index contributed by atoms with van der Waals surface area (Å²) in [6, 6.07) is 9.55. The van der Waals surface area contributed by atoms with Gasteiger partial charge in [-0.1, -0.05) is 25.1 Å². The summed E-state index contributed by atoms with van der Waals surface area (Å²) in [5.41, 5.74) is 1.97. The molecule has 18 heavy (non-hydrogen) atoms. The topological polar surface area (TPSA) is 62.1 Å². The highest BCUT2D eigenvalue weighted by Crippen LogP contribution is 2.15. The number of benzene rings is 1. The second-order valence-electron chi connectivity index (χ2n) is 3.55. The SMILES string of the molecule is CCOC(=O)C(C#N)=CNc1ccccc1CC. The first-order valence-corrected chi connectivity index (χ1v) is 5.84. The van der Waals surface area contributed by atoms with Crippen molar-refractivity contribution in [2.75, 3.05) is 11.9 Å². The maximum atomic E-state index is 11.4. The fourth-order valence-corrected chi connectivity index (χ4v) is 1.47. The summed E-state index contributed by atoms with van der Waals surface area (Å²) < 4.78 is 4.77. The molecular formula is C14H16N2O2. The molecule has 1 aromatic rings. The molecule has 0 heterocycles. The molecule has 94 valence electrons. The van der Waals surface area contributed by atoms with Crippen molar-refractivity contribution in [3.05, 3.63) is 41.6 Å². The molecule has 0 aliphatic heterocycles. The number of nitrogens with one attached hydrogen (secondary N) is 1. The molecule has 0 bridgehead atoms. The van der Waals surface area contributed by atoms with E-state index in [0.29, 0.717) is 0 Å². The number of nitriles is 1. The first-order valence-electron chi connectivity index (χ1n) is 5.84. The van der Waals surface area contributed by atoms with Crippen LogP contribution < -0.4 is 5.32 Å². The second kappa shape index (κ2) is 7.13. The van der Waals surface area contributed by atoms with E-state index in [1.54, 1.807) is 6.92 Å². The van der Waals surface area contributed by atoms with Gasteiger partial charge in [0.25, 0.3) is 0 Å². The van der Waals surface area contributed by atoms with Gasteiger partial charge >= 0.3 is 5.97 Å². The predicted octanol–water partition coefficient (Wildman–Crippen LogP) is 2.63. The van der Waals surface area contributed by atoms with E-state index in [2.05, 4.69) is 5.32 Å². The number of nitrogens with zero attached hydrogens (tertiary/aromatic N) is 1. The molecule has 1 N–H and O–H groups in total. The van der Waals surface area contributed by atoms with Crippen LogP contribution in [0.2, 0.25) is 0 Å². The molecule has 0 amide bonds. The molecule has 0 saturated heterocycles. The van der Waals surface area contributed by atoms with Crippen molar-refractivity contribution in [3.63, 3.8) is 0 Å². The molecule has 4 nitrogen and oxygen atoms in total. The van der Waals surface area contributed by atoms with Crippen LogP contribution in [0.1, 0.15) is 19.4 Å². The number of hydrogen-bond donors (Lipinski definition) is 1. The minimum Gasteiger partial charge on any atom is -0.462 e. The van der Waals surface area contributed by atoms with Crippen molar-refractivity contribution in [1.29, 1.82) is 5.26 Å². The maximum absolute atomic E-state index is 11.4. The highest BCUT2D eigenvalue weighted by Gasteiger charge is 2.09. The Morgan fingerprint density at radius 2 is 2.17 bits per heavy atom. The minimum absolute atomic E-state index is 0.0391. The first-order chi connectivity index (χ1) is 8.72. The third kappa shape index (κ3) is 3.63. The Kier molecular flexibility index (Phi) is 5.46. The fourth-order valence-electron chi connectivity index (χ4n) is 1.47. The summed E-state index contributed by atoms with van der Waals surface area (Å²) in [7, 11) is 0. The van der Waals surface area contributed by atoms with Gasteiger partial charge in [0.1, 0.15) is 6.07 Å². The molecule has 0 radical (unpaired) electrons. The van der Waals surface area contributed by atoms with Crippen LogP contribution in [0.4, 0.5) is 5.69 Å². The third-order valence-electron chi connectivity index (χ3n) is 2.39. The summed E-state index contributed by atoms with van der Waals surface area (Å²) in [5.74, 6) is -0.610. The van der Waals surface area contributed by atoms with Gasteiger partial charge < -0.3 is 10.1 Å². The number of aryl methyl sites for hydroxylation is 1. The number of hydrogen-bond acceptors (Lipinski definition) is 4. The van der Waals surface area contributed by atoms with E-state index < -0.39 is 5.97 Å². The molecular weight excluding hydrogens is 228 g/mol. The van der Waals surface area contributed by atoms with Crippen molar-refractivity contribution in [1.82, 2.24) is 0 Å². The Labute approximate surface area is 107 Å². The van der Waals surface area contributed by atoms with E-state index in [9.17, 15) is 4.79 Å². The van der Waals surface area contributed by atoms with Crippen molar-refractivity contribution in [3.8, 4) is 6.07 Å². The average Bonchev–Trinajstić information content (AvgIpc) is 2.40. The fraction of sp³-hybridized carbons (Fsp3) is 0.286. The summed E-state index contributed by atoms with van der Waals surface area (Å²) in [6.45, 7) is 4.00. The van der Waals surface area contributed by atoms with Gasteiger partial charge in [0.2, 0.25) is 0 Å². The number of esters is 1. The molecule has 0 fully saturated rings. The third-order valence-corrected chi connectivity index (χ3v) is 2.39. The predicted molar refractivity (Wildman–Crippen MR) is 69.8 cm³/mol. The normalized spacial score (nSPS) is 10.6. The first kappa shape index (κ1) is 13.8. The summed E-state index contributed by atoms with van der Waals surface area (Å²) >= 11 is 0. The van der Waals surface area contributed by atoms with Crippen LogP contribution in [0.5, 0.6) is 0 Å². The zero-order valence-electron chi connectivity index (χ0n) is 10.6. The smallest absolute Gasteiger partial charge is 0.350 e. The van der Waals surface area contributed by atoms with Gasteiger partial charge in [-0.3, -0.25) is 0 Å². The Morgan fingerprint density at radius 3 is 2.78 bits per heavy atom. The van der Waals surface area contributed by atoms with Crippen molar-refractivity contribution in [2.24, 2.45) is 0 Å². The van der Waals surface area contributed by atoms with Crippen LogP contribution in [0.25, 0.3) is 0 Å². The molecule has 1 rings (SSSR count). The monoisotopic (exact) mass is 244 g/mol. The van der Waals surface area contributed by atoms with E-state index in [1.165, 1.54) is 6.20 Å². The van der Waals surface area contributed by atoms with Gasteiger partial charge in [-0.15, -0.1) is 0 Å². The standard InChI is InChI=1S/C14H16N2O2/c1-3-11-7-5-6-8-13(11)16-10-12(9-15)14(17)18-4-2/h5-8,10,16H,3-4H2,1-2H3. The van der Waals surface area contributed by atoms with Crippen molar-refractivity contribution in [2.45, 2.75) is 20.3 Å². The van der Waals surface area contributed by atoms with Gasteiger partial charge in [0.15, 0.2) is 5.57 Å². The zero-order chi connectivity index (χ0) is 13.4. The molecule has 1 aromatic carbocycles. The molecule has 0 atom stereocenters. The van der Waals surface area contributed by atoms with Gasteiger partial charge in [-0.2, -0.15) is 5.26 Å². The zero-order valence-corrected chi connectivity index (χ0v) is 10.6. The Hall–Kier alpha value is -2.28. The highest BCUT2D eigenvalue weighted by molar-refractivity contribution is 5.93. The Morgan fingerprint density at radius 1 is 1.44 bits per heavy atom. The minimum atomic E-state index is -0.610. The second-order valence-corrected chi connectivity index (χ2v) is 3.55. The van der Waals surface area contributed by atoms with E-state index in [4.69, 9.17) is 10.00 Å². The average molecular weight is 244 g/mol. The highest BCUT2D eigenvalue weighted by atomic mass is 16.5. The van der Waals surface area contributed by atoms with E-state index in [0.717, 1.165) is 17.7 Å². The molecule has 0 aliphatic carbocycles. The largest absolute Gasteiger partial charge is 0.462 e. The van der Waals surface area contributed by atoms with Gasteiger partial charge in [-0.05, 0) is 25.0 Å². The van der Waals surface area contributed by atoms with Gasteiger partial charge in [-0.25, -0.2) is 4.79 Å². The number of ether oxygens (including phenoxy) is 1. The summed E-state index contributed by atoms with van der Waals surface area (Å²) in [6.07, 6.45) is 2.25. The van der Waals surface area contributed by atoms with Crippen molar-refractivity contribution >= 4 is 11.7 Å². The molecule has 0 spiro atoms. The van der Waals surface area contributed by atoms with Crippen LogP contribution >= 0.6 is 0 Å². The quantitative estimate of drug-likeness (QED) is 0.491. The van der Waals surface area contributed by atoms with Gasteiger partial charge in [0.05, 0.1) is 6.61 Å². The lowest BCUT2D eigenvalue weighted by Gasteiger charge is -2.07. The Bertz CT molecular complexity index is 487. The van der Waals surface area contributed by atoms with E-state index >= 15 is 0 Å². The lowest BCUT2D eigenvalue weighted by atomic mass is 10.1. The summed E-state index contributed by atoms with van der Waals surface area (Å²) in [5, 5.41) is 11.8.